The number of hydrogen-bond acceptors (Lipinski definition) is 7. The van der Waals surface area contributed by atoms with Crippen LogP contribution in [-0.4, -0.2) is 34.2 Å². The van der Waals surface area contributed by atoms with Gasteiger partial charge < -0.3 is 9.64 Å². The van der Waals surface area contributed by atoms with E-state index in [1.807, 2.05) is 4.90 Å². The first-order chi connectivity index (χ1) is 14.9. The summed E-state index contributed by atoms with van der Waals surface area (Å²) in [5.74, 6) is -0.856. The van der Waals surface area contributed by atoms with Gasteiger partial charge in [0.15, 0.2) is 0 Å². The van der Waals surface area contributed by atoms with Gasteiger partial charge in [-0.15, -0.1) is 0 Å². The summed E-state index contributed by atoms with van der Waals surface area (Å²) in [4.78, 5) is 30.6. The number of carbonyl (C=O) groups excluding carboxylic acids is 2. The summed E-state index contributed by atoms with van der Waals surface area (Å²) in [5, 5.41) is 9.45. The van der Waals surface area contributed by atoms with Gasteiger partial charge in [-0.25, -0.2) is 18.4 Å². The third-order valence-corrected chi connectivity index (χ3v) is 6.38. The number of benzene rings is 1. The van der Waals surface area contributed by atoms with Gasteiger partial charge in [-0.05, 0) is 36.6 Å². The van der Waals surface area contributed by atoms with Crippen LogP contribution in [0.25, 0.3) is 0 Å². The van der Waals surface area contributed by atoms with Crippen molar-refractivity contribution in [3.8, 4) is 6.07 Å². The van der Waals surface area contributed by atoms with Gasteiger partial charge in [0.05, 0.1) is 22.6 Å². The molecule has 10 heteroatoms. The first-order valence-corrected chi connectivity index (χ1v) is 11.1. The molecule has 3 heterocycles. The number of ether oxygens (including phenoxy) is 1. The summed E-state index contributed by atoms with van der Waals surface area (Å²) in [5.41, 5.74) is 1.79. The van der Waals surface area contributed by atoms with Crippen molar-refractivity contribution in [2.24, 2.45) is 5.92 Å². The molecule has 1 amide bonds. The van der Waals surface area contributed by atoms with Crippen molar-refractivity contribution in [1.82, 2.24) is 9.71 Å². The molecular formula is C21H19FN4O4S. The fraction of sp³-hybridized carbons (Fsp3) is 0.333. The Morgan fingerprint density at radius 1 is 1.32 bits per heavy atom. The lowest BCUT2D eigenvalue weighted by molar-refractivity contribution is -0.123. The first kappa shape index (κ1) is 20.9. The van der Waals surface area contributed by atoms with Gasteiger partial charge in [0.1, 0.15) is 35.3 Å². The number of nitriles is 1. The van der Waals surface area contributed by atoms with Gasteiger partial charge >= 0.3 is 5.97 Å². The van der Waals surface area contributed by atoms with Crippen LogP contribution >= 0.6 is 0 Å². The van der Waals surface area contributed by atoms with Crippen molar-refractivity contribution in [2.75, 3.05) is 18.0 Å². The van der Waals surface area contributed by atoms with Gasteiger partial charge in [0.2, 0.25) is 5.91 Å². The Balaban J connectivity index is 1.35. The van der Waals surface area contributed by atoms with Gasteiger partial charge in [-0.2, -0.15) is 5.26 Å². The zero-order valence-electron chi connectivity index (χ0n) is 16.5. The molecule has 2 aromatic rings. The van der Waals surface area contributed by atoms with Gasteiger partial charge in [-0.1, -0.05) is 12.1 Å². The number of aromatic nitrogens is 1. The van der Waals surface area contributed by atoms with E-state index in [0.29, 0.717) is 54.1 Å². The second kappa shape index (κ2) is 8.81. The zero-order chi connectivity index (χ0) is 22.0. The van der Waals surface area contributed by atoms with Crippen molar-refractivity contribution in [3.63, 3.8) is 0 Å². The number of rotatable bonds is 5. The van der Waals surface area contributed by atoms with Gasteiger partial charge in [0, 0.05) is 19.0 Å². The summed E-state index contributed by atoms with van der Waals surface area (Å²) >= 11 is 0. The largest absolute Gasteiger partial charge is 0.455 e. The van der Waals surface area contributed by atoms with Crippen molar-refractivity contribution >= 4 is 28.7 Å². The summed E-state index contributed by atoms with van der Waals surface area (Å²) in [6.07, 6.45) is 1.03. The maximum atomic E-state index is 13.0. The second-order valence-corrected chi connectivity index (χ2v) is 8.57. The predicted octanol–water partition coefficient (Wildman–Crippen LogP) is 1.96. The maximum Gasteiger partial charge on any atom is 0.340 e. The Kier molecular flexibility index (Phi) is 5.95. The lowest BCUT2D eigenvalue weighted by Crippen LogP contribution is -2.41. The molecule has 0 radical (unpaired) electrons. The summed E-state index contributed by atoms with van der Waals surface area (Å²) in [6.45, 7) is 1.08. The zero-order valence-corrected chi connectivity index (χ0v) is 17.3. The Bertz CT molecular complexity index is 1090. The van der Waals surface area contributed by atoms with Crippen LogP contribution < -0.4 is 9.62 Å². The second-order valence-electron chi connectivity index (χ2n) is 7.39. The molecule has 1 fully saturated rings. The van der Waals surface area contributed by atoms with Crippen molar-refractivity contribution in [3.05, 3.63) is 58.5 Å². The van der Waals surface area contributed by atoms with E-state index in [9.17, 15) is 23.5 Å². The van der Waals surface area contributed by atoms with E-state index < -0.39 is 17.0 Å². The number of cyclic esters (lactones) is 1. The molecule has 2 aliphatic heterocycles. The number of anilines is 1. The number of fused-ring (bicyclic) bond motifs is 1. The minimum Gasteiger partial charge on any atom is -0.455 e. The summed E-state index contributed by atoms with van der Waals surface area (Å²) < 4.78 is 32.7. The topological polar surface area (TPSA) is 112 Å². The Hall–Kier alpha value is -3.32. The van der Waals surface area contributed by atoms with E-state index in [1.54, 1.807) is 0 Å². The smallest absolute Gasteiger partial charge is 0.340 e. The Morgan fingerprint density at radius 2 is 2.03 bits per heavy atom. The number of carbonyl (C=O) groups is 2. The average Bonchev–Trinajstić information content (AvgIpc) is 3.14. The number of pyridine rings is 1. The molecule has 0 aliphatic carbocycles. The number of hydrogen-bond donors (Lipinski definition) is 1. The highest BCUT2D eigenvalue weighted by Gasteiger charge is 2.30. The van der Waals surface area contributed by atoms with Crippen molar-refractivity contribution < 1.29 is 22.9 Å². The lowest BCUT2D eigenvalue weighted by atomic mass is 9.96. The highest BCUT2D eigenvalue weighted by molar-refractivity contribution is 7.82. The number of nitrogens with zero attached hydrogens (tertiary/aromatic N) is 3. The van der Waals surface area contributed by atoms with Gasteiger partial charge in [0.25, 0.3) is 0 Å². The average molecular weight is 442 g/mol. The first-order valence-electron chi connectivity index (χ1n) is 9.74. The fourth-order valence-electron chi connectivity index (χ4n) is 3.68. The third-order valence-electron chi connectivity index (χ3n) is 5.35. The monoisotopic (exact) mass is 442 g/mol. The third kappa shape index (κ3) is 4.56. The van der Waals surface area contributed by atoms with Crippen LogP contribution in [0, 0.1) is 23.1 Å². The molecule has 1 saturated heterocycles. The molecule has 4 rings (SSSR count). The SMILES string of the molecule is N#Cc1cc2c(nc1N1CCC(C(=O)NS(=O)Cc3ccc(F)cc3)CC1)COC2=O. The minimum atomic E-state index is -1.60. The highest BCUT2D eigenvalue weighted by Crippen LogP contribution is 2.29. The van der Waals surface area contributed by atoms with Crippen molar-refractivity contribution in [1.29, 1.82) is 5.26 Å². The van der Waals surface area contributed by atoms with E-state index in [1.165, 1.54) is 30.3 Å². The maximum absolute atomic E-state index is 13.0. The molecule has 1 aromatic heterocycles. The predicted molar refractivity (Wildman–Crippen MR) is 109 cm³/mol. The molecule has 1 unspecified atom stereocenters. The molecule has 0 saturated carbocycles. The fourth-order valence-corrected chi connectivity index (χ4v) is 4.64. The number of amides is 1. The minimum absolute atomic E-state index is 0.0889. The standard InChI is InChI=1S/C21H19FN4O4S/c22-16-3-1-13(2-4-16)12-31(29)25-20(27)14-5-7-26(8-6-14)19-15(10-23)9-17-18(24-19)11-30-21(17)28/h1-4,9,14H,5-8,11-12H2,(H,25,27). The molecule has 31 heavy (non-hydrogen) atoms. The molecule has 1 N–H and O–H groups in total. The highest BCUT2D eigenvalue weighted by atomic mass is 32.2. The van der Waals surface area contributed by atoms with Crippen LogP contribution in [-0.2, 0) is 32.9 Å². The molecule has 2 aliphatic rings. The molecule has 8 nitrogen and oxygen atoms in total. The van der Waals surface area contributed by atoms with Crippen molar-refractivity contribution in [2.45, 2.75) is 25.2 Å². The molecule has 0 spiro atoms. The summed E-state index contributed by atoms with van der Waals surface area (Å²) in [6, 6.07) is 9.22. The van der Waals surface area contributed by atoms with Crippen LogP contribution in [0.15, 0.2) is 30.3 Å². The molecular weight excluding hydrogens is 423 g/mol. The Morgan fingerprint density at radius 3 is 2.71 bits per heavy atom. The van der Waals surface area contributed by atoms with Crippen LogP contribution in [0.4, 0.5) is 10.2 Å². The molecule has 1 atom stereocenters. The van der Waals surface area contributed by atoms with E-state index in [4.69, 9.17) is 4.74 Å². The van der Waals surface area contributed by atoms with Crippen LogP contribution in [0.5, 0.6) is 0 Å². The number of nitrogens with one attached hydrogen (secondary N) is 1. The number of piperidine rings is 1. The van der Waals surface area contributed by atoms with Crippen LogP contribution in [0.1, 0.15) is 40.0 Å². The quantitative estimate of drug-likeness (QED) is 0.705. The van der Waals surface area contributed by atoms with Crippen LogP contribution in [0.2, 0.25) is 0 Å². The number of halogens is 1. The lowest BCUT2D eigenvalue weighted by Gasteiger charge is -2.32. The summed E-state index contributed by atoms with van der Waals surface area (Å²) in [7, 11) is -1.60. The van der Waals surface area contributed by atoms with E-state index in [2.05, 4.69) is 15.8 Å². The molecule has 160 valence electrons. The number of esters is 1. The molecule has 1 aromatic carbocycles. The normalized spacial score (nSPS) is 16.9. The Labute approximate surface area is 180 Å². The van der Waals surface area contributed by atoms with Crippen LogP contribution in [0.3, 0.4) is 0 Å². The van der Waals surface area contributed by atoms with E-state index in [0.717, 1.165) is 0 Å². The molecule has 0 bridgehead atoms. The van der Waals surface area contributed by atoms with E-state index in [-0.39, 0.29) is 30.0 Å². The van der Waals surface area contributed by atoms with E-state index >= 15 is 0 Å². The van der Waals surface area contributed by atoms with Gasteiger partial charge in [-0.3, -0.25) is 9.52 Å².